The number of rotatable bonds is 6. The van der Waals surface area contributed by atoms with E-state index in [2.05, 4.69) is 15.2 Å². The van der Waals surface area contributed by atoms with Crippen molar-refractivity contribution in [1.82, 2.24) is 10.2 Å². The van der Waals surface area contributed by atoms with Gasteiger partial charge in [-0.2, -0.15) is 11.8 Å². The molecule has 8 heteroatoms. The van der Waals surface area contributed by atoms with Crippen LogP contribution >= 0.6 is 35.7 Å². The number of halogens is 1. The number of benzene rings is 1. The molecule has 1 saturated heterocycles. The van der Waals surface area contributed by atoms with Gasteiger partial charge in [-0.05, 0) is 24.6 Å². The van der Waals surface area contributed by atoms with E-state index in [4.69, 9.17) is 10.5 Å². The maximum Gasteiger partial charge on any atom is 0.257 e. The summed E-state index contributed by atoms with van der Waals surface area (Å²) >= 11 is 1.94. The smallest absolute Gasteiger partial charge is 0.257 e. The van der Waals surface area contributed by atoms with Crippen molar-refractivity contribution in [3.8, 4) is 5.75 Å². The highest BCUT2D eigenvalue weighted by molar-refractivity contribution is 14.0. The maximum atomic E-state index is 11.4. The van der Waals surface area contributed by atoms with Gasteiger partial charge in [0, 0.05) is 31.1 Å². The summed E-state index contributed by atoms with van der Waals surface area (Å²) in [7, 11) is 0. The second kappa shape index (κ2) is 11.4. The Bertz CT molecular complexity index is 551. The molecule has 0 aliphatic carbocycles. The van der Waals surface area contributed by atoms with Crippen LogP contribution in [0.25, 0.3) is 0 Å². The van der Waals surface area contributed by atoms with Crippen molar-refractivity contribution in [3.63, 3.8) is 0 Å². The van der Waals surface area contributed by atoms with Crippen LogP contribution in [0.4, 0.5) is 0 Å². The van der Waals surface area contributed by atoms with Crippen molar-refractivity contribution in [3.05, 3.63) is 29.8 Å². The number of hydrogen-bond donors (Lipinski definition) is 2. The monoisotopic (exact) mass is 464 g/mol. The van der Waals surface area contributed by atoms with E-state index in [1.165, 1.54) is 0 Å². The van der Waals surface area contributed by atoms with Gasteiger partial charge in [0.25, 0.3) is 5.91 Å². The minimum atomic E-state index is -0.122. The number of carbonyl (C=O) groups excluding carboxylic acids is 1. The van der Waals surface area contributed by atoms with Gasteiger partial charge in [-0.25, -0.2) is 4.99 Å². The lowest BCUT2D eigenvalue weighted by molar-refractivity contribution is -0.122. The van der Waals surface area contributed by atoms with Crippen LogP contribution < -0.4 is 15.8 Å². The number of nitrogens with two attached hydrogens (primary N) is 1. The Morgan fingerprint density at radius 2 is 2.17 bits per heavy atom. The molecule has 1 aliphatic rings. The molecule has 1 aromatic rings. The van der Waals surface area contributed by atoms with Gasteiger partial charge in [0.15, 0.2) is 12.6 Å². The lowest BCUT2D eigenvalue weighted by Crippen LogP contribution is -2.42. The lowest BCUT2D eigenvalue weighted by atomic mass is 10.2. The first kappa shape index (κ1) is 20.9. The quantitative estimate of drug-likeness (QED) is 0.381. The first-order valence-corrected chi connectivity index (χ1v) is 8.95. The number of guanidine groups is 1. The number of nitrogens with zero attached hydrogens (tertiary/aromatic N) is 2. The zero-order valence-corrected chi connectivity index (χ0v) is 17.0. The normalized spacial score (nSPS) is 14.7. The summed E-state index contributed by atoms with van der Waals surface area (Å²) in [4.78, 5) is 18.0. The molecule has 0 unspecified atom stereocenters. The van der Waals surface area contributed by atoms with Crippen LogP contribution in [0.2, 0.25) is 0 Å². The zero-order valence-electron chi connectivity index (χ0n) is 13.9. The molecule has 0 saturated carbocycles. The minimum Gasteiger partial charge on any atom is -0.484 e. The van der Waals surface area contributed by atoms with Crippen molar-refractivity contribution in [2.45, 2.75) is 13.5 Å². The number of carbonyl (C=O) groups is 1. The molecule has 6 nitrogen and oxygen atoms in total. The van der Waals surface area contributed by atoms with Crippen molar-refractivity contribution >= 4 is 47.6 Å². The molecule has 2 rings (SSSR count). The van der Waals surface area contributed by atoms with E-state index in [9.17, 15) is 4.79 Å². The van der Waals surface area contributed by atoms with E-state index >= 15 is 0 Å². The Morgan fingerprint density at radius 3 is 2.88 bits per heavy atom. The molecule has 0 atom stereocenters. The van der Waals surface area contributed by atoms with Crippen LogP contribution in [0.3, 0.4) is 0 Å². The second-order valence-electron chi connectivity index (χ2n) is 5.16. The van der Waals surface area contributed by atoms with Gasteiger partial charge in [-0.3, -0.25) is 4.79 Å². The number of amides is 1. The summed E-state index contributed by atoms with van der Waals surface area (Å²) in [6.45, 7) is 4.92. The highest BCUT2D eigenvalue weighted by Gasteiger charge is 2.11. The van der Waals surface area contributed by atoms with Crippen LogP contribution in [0.1, 0.15) is 12.5 Å². The van der Waals surface area contributed by atoms with Crippen LogP contribution in [0, 0.1) is 0 Å². The average molecular weight is 464 g/mol. The van der Waals surface area contributed by atoms with Gasteiger partial charge in [-0.1, -0.05) is 12.1 Å². The van der Waals surface area contributed by atoms with E-state index in [-0.39, 0.29) is 36.5 Å². The van der Waals surface area contributed by atoms with Crippen LogP contribution in [-0.4, -0.2) is 54.5 Å². The largest absolute Gasteiger partial charge is 0.484 e. The molecule has 0 bridgehead atoms. The van der Waals surface area contributed by atoms with Gasteiger partial charge in [-0.15, -0.1) is 24.0 Å². The van der Waals surface area contributed by atoms with Gasteiger partial charge in [0.1, 0.15) is 5.75 Å². The fourth-order valence-corrected chi connectivity index (χ4v) is 3.10. The number of thioether (sulfide) groups is 1. The second-order valence-corrected chi connectivity index (χ2v) is 6.39. The third kappa shape index (κ3) is 7.16. The summed E-state index contributed by atoms with van der Waals surface area (Å²) in [5.74, 6) is 3.33. The number of aliphatic imine (C=N–C) groups is 1. The van der Waals surface area contributed by atoms with Gasteiger partial charge >= 0.3 is 0 Å². The molecule has 1 aromatic carbocycles. The lowest BCUT2D eigenvalue weighted by Gasteiger charge is -2.27. The van der Waals surface area contributed by atoms with Crippen LogP contribution in [0.5, 0.6) is 5.75 Å². The fourth-order valence-electron chi connectivity index (χ4n) is 2.20. The topological polar surface area (TPSA) is 79.9 Å². The van der Waals surface area contributed by atoms with E-state index in [1.54, 1.807) is 0 Å². The SMILES string of the molecule is CCNC(=O)COc1cccc(CN=C(N)N2CCSCC2)c1.I. The molecule has 0 spiro atoms. The third-order valence-electron chi connectivity index (χ3n) is 3.40. The highest BCUT2D eigenvalue weighted by Crippen LogP contribution is 2.14. The highest BCUT2D eigenvalue weighted by atomic mass is 127. The molecule has 1 amide bonds. The predicted molar refractivity (Wildman–Crippen MR) is 110 cm³/mol. The average Bonchev–Trinajstić information content (AvgIpc) is 2.59. The molecule has 0 radical (unpaired) electrons. The first-order valence-electron chi connectivity index (χ1n) is 7.80. The summed E-state index contributed by atoms with van der Waals surface area (Å²) in [6, 6.07) is 7.59. The Kier molecular flexibility index (Phi) is 9.92. The molecule has 134 valence electrons. The van der Waals surface area contributed by atoms with Gasteiger partial charge < -0.3 is 20.7 Å². The molecular weight excluding hydrogens is 439 g/mol. The number of hydrogen-bond acceptors (Lipinski definition) is 4. The predicted octanol–water partition coefficient (Wildman–Crippen LogP) is 1.68. The first-order chi connectivity index (χ1) is 11.2. The molecule has 1 heterocycles. The fraction of sp³-hybridized carbons (Fsp3) is 0.500. The Balaban J connectivity index is 0.00000288. The Hall–Kier alpha value is -1.16. The third-order valence-corrected chi connectivity index (χ3v) is 4.34. The molecule has 1 fully saturated rings. The number of likely N-dealkylation sites (N-methyl/N-ethyl adjacent to an activating group) is 1. The number of nitrogens with one attached hydrogen (secondary N) is 1. The van der Waals surface area contributed by atoms with E-state index in [0.29, 0.717) is 24.8 Å². The van der Waals surface area contributed by atoms with E-state index in [0.717, 1.165) is 30.2 Å². The van der Waals surface area contributed by atoms with Crippen LogP contribution in [0.15, 0.2) is 29.3 Å². The van der Waals surface area contributed by atoms with Crippen molar-refractivity contribution in [2.24, 2.45) is 10.7 Å². The Labute approximate surface area is 164 Å². The van der Waals surface area contributed by atoms with Crippen molar-refractivity contribution in [1.29, 1.82) is 0 Å². The summed E-state index contributed by atoms with van der Waals surface area (Å²) in [6.07, 6.45) is 0. The summed E-state index contributed by atoms with van der Waals surface area (Å²) in [5.41, 5.74) is 7.06. The Morgan fingerprint density at radius 1 is 1.42 bits per heavy atom. The summed E-state index contributed by atoms with van der Waals surface area (Å²) < 4.78 is 5.48. The van der Waals surface area contributed by atoms with Crippen molar-refractivity contribution < 1.29 is 9.53 Å². The molecule has 24 heavy (non-hydrogen) atoms. The number of ether oxygens (including phenoxy) is 1. The standard InChI is InChI=1S/C16H24N4O2S.HI/c1-2-18-15(21)12-22-14-5-3-4-13(10-14)11-19-16(17)20-6-8-23-9-7-20;/h3-5,10H,2,6-9,11-12H2,1H3,(H2,17,19)(H,18,21);1H. The zero-order chi connectivity index (χ0) is 16.5. The minimum absolute atomic E-state index is 0. The van der Waals surface area contributed by atoms with E-state index in [1.807, 2.05) is 43.0 Å². The van der Waals surface area contributed by atoms with E-state index < -0.39 is 0 Å². The van der Waals surface area contributed by atoms with Gasteiger partial charge in [0.2, 0.25) is 0 Å². The van der Waals surface area contributed by atoms with Crippen LogP contribution in [-0.2, 0) is 11.3 Å². The molecular formula is C16H25IN4O2S. The molecule has 1 aliphatic heterocycles. The summed E-state index contributed by atoms with van der Waals surface area (Å²) in [5, 5.41) is 2.70. The van der Waals surface area contributed by atoms with Gasteiger partial charge in [0.05, 0.1) is 6.54 Å². The van der Waals surface area contributed by atoms with Crippen molar-refractivity contribution in [2.75, 3.05) is 37.7 Å². The maximum absolute atomic E-state index is 11.4. The molecule has 0 aromatic heterocycles. The molecule has 3 N–H and O–H groups in total.